The lowest BCUT2D eigenvalue weighted by molar-refractivity contribution is -0.137. The molecule has 1 amide bonds. The first kappa shape index (κ1) is 22.3. The number of fused-ring (bicyclic) bond motifs is 1. The zero-order chi connectivity index (χ0) is 23.6. The molecule has 4 rings (SSSR count). The summed E-state index contributed by atoms with van der Waals surface area (Å²) in [6.07, 6.45) is -1.42. The number of halogens is 3. The quantitative estimate of drug-likeness (QED) is 0.484. The Bertz CT molecular complexity index is 1370. The predicted octanol–water partition coefficient (Wildman–Crippen LogP) is 3.27. The summed E-state index contributed by atoms with van der Waals surface area (Å²) in [5, 5.41) is 6.91. The summed E-state index contributed by atoms with van der Waals surface area (Å²) in [7, 11) is 0. The maximum absolute atomic E-state index is 13.0. The van der Waals surface area contributed by atoms with Crippen LogP contribution in [0.1, 0.15) is 16.7 Å². The van der Waals surface area contributed by atoms with Crippen molar-refractivity contribution in [1.29, 1.82) is 0 Å². The van der Waals surface area contributed by atoms with Crippen LogP contribution in [0.25, 0.3) is 16.7 Å². The Morgan fingerprint density at radius 2 is 1.91 bits per heavy atom. The van der Waals surface area contributed by atoms with E-state index in [9.17, 15) is 22.8 Å². The molecule has 0 unspecified atom stereocenters. The highest BCUT2D eigenvalue weighted by Crippen LogP contribution is 2.30. The van der Waals surface area contributed by atoms with E-state index >= 15 is 0 Å². The third kappa shape index (κ3) is 4.79. The second-order valence-electron chi connectivity index (χ2n) is 7.55. The Hall–Kier alpha value is -3.95. The second-order valence-corrected chi connectivity index (χ2v) is 7.55. The summed E-state index contributed by atoms with van der Waals surface area (Å²) in [4.78, 5) is 29.3. The molecule has 4 aromatic rings. The molecule has 2 aromatic heterocycles. The fraction of sp³-hybridized carbons (Fsp3) is 0.217. The fourth-order valence-corrected chi connectivity index (χ4v) is 3.50. The summed E-state index contributed by atoms with van der Waals surface area (Å²) < 4.78 is 41.4. The Morgan fingerprint density at radius 1 is 1.12 bits per heavy atom. The number of carbonyl (C=O) groups excluding carboxylic acids is 1. The van der Waals surface area contributed by atoms with Crippen LogP contribution >= 0.6 is 0 Å². The van der Waals surface area contributed by atoms with Crippen LogP contribution in [0.5, 0.6) is 0 Å². The van der Waals surface area contributed by atoms with E-state index in [2.05, 4.69) is 15.4 Å². The number of carbonyl (C=O) groups is 1. The second kappa shape index (κ2) is 8.89. The lowest BCUT2D eigenvalue weighted by Gasteiger charge is -2.10. The van der Waals surface area contributed by atoms with Gasteiger partial charge < -0.3 is 5.32 Å². The van der Waals surface area contributed by atoms with Crippen molar-refractivity contribution < 1.29 is 18.0 Å². The Morgan fingerprint density at radius 3 is 2.67 bits per heavy atom. The van der Waals surface area contributed by atoms with Crippen molar-refractivity contribution in [3.63, 3.8) is 0 Å². The van der Waals surface area contributed by atoms with E-state index in [1.807, 2.05) is 31.2 Å². The number of hydrogen-bond donors (Lipinski definition) is 1. The highest BCUT2D eigenvalue weighted by Gasteiger charge is 2.30. The van der Waals surface area contributed by atoms with Crippen LogP contribution in [0.4, 0.5) is 13.2 Å². The van der Waals surface area contributed by atoms with E-state index in [1.54, 1.807) is 0 Å². The molecule has 0 fully saturated rings. The van der Waals surface area contributed by atoms with E-state index in [0.29, 0.717) is 13.0 Å². The van der Waals surface area contributed by atoms with Crippen LogP contribution in [0.15, 0.2) is 65.8 Å². The Labute approximate surface area is 186 Å². The summed E-state index contributed by atoms with van der Waals surface area (Å²) >= 11 is 0. The van der Waals surface area contributed by atoms with Gasteiger partial charge in [0.25, 0.3) is 5.56 Å². The van der Waals surface area contributed by atoms with E-state index in [-0.39, 0.29) is 29.2 Å². The maximum atomic E-state index is 13.0. The first-order chi connectivity index (χ1) is 15.7. The van der Waals surface area contributed by atoms with Crippen LogP contribution in [0.2, 0.25) is 0 Å². The van der Waals surface area contributed by atoms with E-state index in [1.165, 1.54) is 29.3 Å². The number of aromatic nitrogens is 4. The molecule has 2 heterocycles. The van der Waals surface area contributed by atoms with Crippen molar-refractivity contribution in [1.82, 2.24) is 24.6 Å². The Kier molecular flexibility index (Phi) is 5.99. The van der Waals surface area contributed by atoms with Crippen molar-refractivity contribution in [2.24, 2.45) is 0 Å². The first-order valence-corrected chi connectivity index (χ1v) is 10.2. The van der Waals surface area contributed by atoms with Gasteiger partial charge in [-0.3, -0.25) is 14.2 Å². The number of rotatable bonds is 6. The van der Waals surface area contributed by atoms with Crippen molar-refractivity contribution in [2.75, 3.05) is 6.54 Å². The van der Waals surface area contributed by atoms with Crippen LogP contribution in [0.3, 0.4) is 0 Å². The summed E-state index contributed by atoms with van der Waals surface area (Å²) in [5.41, 5.74) is 1.15. The van der Waals surface area contributed by atoms with E-state index < -0.39 is 17.3 Å². The van der Waals surface area contributed by atoms with Gasteiger partial charge in [-0.15, -0.1) is 0 Å². The van der Waals surface area contributed by atoms with Crippen molar-refractivity contribution in [2.45, 2.75) is 26.1 Å². The number of alkyl halides is 3. The van der Waals surface area contributed by atoms with Gasteiger partial charge in [0, 0.05) is 6.54 Å². The molecule has 7 nitrogen and oxygen atoms in total. The molecule has 0 aliphatic carbocycles. The van der Waals surface area contributed by atoms with Gasteiger partial charge in [0.1, 0.15) is 18.3 Å². The fourth-order valence-electron chi connectivity index (χ4n) is 3.50. The van der Waals surface area contributed by atoms with Gasteiger partial charge in [-0.05, 0) is 42.7 Å². The zero-order valence-corrected chi connectivity index (χ0v) is 17.6. The maximum Gasteiger partial charge on any atom is 0.416 e. The Balaban J connectivity index is 1.50. The van der Waals surface area contributed by atoms with E-state index in [4.69, 9.17) is 0 Å². The smallest absolute Gasteiger partial charge is 0.354 e. The average Bonchev–Trinajstić information content (AvgIpc) is 3.21. The molecule has 0 radical (unpaired) electrons. The molecule has 33 heavy (non-hydrogen) atoms. The minimum Gasteiger partial charge on any atom is -0.354 e. The molecule has 0 atom stereocenters. The lowest BCUT2D eigenvalue weighted by Crippen LogP contribution is -2.33. The topological polar surface area (TPSA) is 81.8 Å². The summed E-state index contributed by atoms with van der Waals surface area (Å²) in [6, 6.07) is 12.5. The standard InChI is InChI=1S/C23H20F3N5O2/c1-15-5-2-3-6-16(15)9-10-27-20(32)13-30-14-28-21-19(22(30)33)12-29-31(21)18-8-4-7-17(11-18)23(24,25)26/h2-8,11-12,14H,9-10,13H2,1H3,(H,27,32). The molecular formula is C23H20F3N5O2. The highest BCUT2D eigenvalue weighted by atomic mass is 19.4. The molecule has 0 spiro atoms. The molecule has 170 valence electrons. The van der Waals surface area contributed by atoms with Gasteiger partial charge in [-0.25, -0.2) is 9.67 Å². The summed E-state index contributed by atoms with van der Waals surface area (Å²) in [6.45, 7) is 2.18. The normalized spacial score (nSPS) is 11.6. The zero-order valence-electron chi connectivity index (χ0n) is 17.6. The third-order valence-electron chi connectivity index (χ3n) is 5.26. The number of benzene rings is 2. The molecule has 10 heteroatoms. The molecule has 0 saturated heterocycles. The molecule has 0 bridgehead atoms. The van der Waals surface area contributed by atoms with Gasteiger partial charge in [0.15, 0.2) is 5.65 Å². The predicted molar refractivity (Wildman–Crippen MR) is 116 cm³/mol. The molecule has 0 aliphatic heterocycles. The molecule has 1 N–H and O–H groups in total. The molecule has 2 aromatic carbocycles. The van der Waals surface area contributed by atoms with Crippen molar-refractivity contribution >= 4 is 16.9 Å². The summed E-state index contributed by atoms with van der Waals surface area (Å²) in [5.74, 6) is -0.350. The minimum absolute atomic E-state index is 0.0997. The van der Waals surface area contributed by atoms with Gasteiger partial charge in [0.05, 0.1) is 17.4 Å². The van der Waals surface area contributed by atoms with Crippen molar-refractivity contribution in [3.05, 3.63) is 88.1 Å². The third-order valence-corrected chi connectivity index (χ3v) is 5.26. The molecular weight excluding hydrogens is 435 g/mol. The average molecular weight is 455 g/mol. The van der Waals surface area contributed by atoms with Gasteiger partial charge in [-0.1, -0.05) is 30.3 Å². The van der Waals surface area contributed by atoms with Crippen LogP contribution < -0.4 is 10.9 Å². The number of aryl methyl sites for hydroxylation is 1. The number of nitrogens with zero attached hydrogens (tertiary/aromatic N) is 4. The van der Waals surface area contributed by atoms with Crippen LogP contribution in [-0.4, -0.2) is 31.8 Å². The molecule has 0 saturated carbocycles. The van der Waals surface area contributed by atoms with Gasteiger partial charge >= 0.3 is 6.18 Å². The lowest BCUT2D eigenvalue weighted by atomic mass is 10.1. The van der Waals surface area contributed by atoms with Crippen molar-refractivity contribution in [3.8, 4) is 5.69 Å². The van der Waals surface area contributed by atoms with Gasteiger partial charge in [0.2, 0.25) is 5.91 Å². The van der Waals surface area contributed by atoms with Crippen LogP contribution in [-0.2, 0) is 23.9 Å². The van der Waals surface area contributed by atoms with Gasteiger partial charge in [-0.2, -0.15) is 18.3 Å². The number of hydrogen-bond acceptors (Lipinski definition) is 4. The monoisotopic (exact) mass is 455 g/mol. The highest BCUT2D eigenvalue weighted by molar-refractivity contribution is 5.77. The van der Waals surface area contributed by atoms with Crippen LogP contribution in [0, 0.1) is 6.92 Å². The minimum atomic E-state index is -4.51. The molecule has 0 aliphatic rings. The largest absolute Gasteiger partial charge is 0.416 e. The SMILES string of the molecule is Cc1ccccc1CCNC(=O)Cn1cnc2c(cnn2-c2cccc(C(F)(F)F)c2)c1=O. The first-order valence-electron chi connectivity index (χ1n) is 10.2. The van der Waals surface area contributed by atoms with E-state index in [0.717, 1.165) is 27.8 Å². The number of nitrogens with one attached hydrogen (secondary N) is 1. The number of amides is 1.